The zero-order valence-electron chi connectivity index (χ0n) is 15.5. The highest BCUT2D eigenvalue weighted by Crippen LogP contribution is 2.54. The largest absolute Gasteiger partial charge is 0.349 e. The van der Waals surface area contributed by atoms with Gasteiger partial charge in [0.05, 0.1) is 13.2 Å². The van der Waals surface area contributed by atoms with Crippen molar-refractivity contribution in [2.24, 2.45) is 17.3 Å². The minimum absolute atomic E-state index is 0.0377. The molecule has 0 bridgehead atoms. The van der Waals surface area contributed by atoms with Crippen molar-refractivity contribution in [2.45, 2.75) is 78.7 Å². The molecule has 0 radical (unpaired) electrons. The minimum atomic E-state index is -0.464. The molecule has 0 aromatic rings. The summed E-state index contributed by atoms with van der Waals surface area (Å²) >= 11 is 0. The lowest BCUT2D eigenvalue weighted by molar-refractivity contribution is -0.385. The number of piperidine rings is 1. The molecule has 0 aromatic heterocycles. The van der Waals surface area contributed by atoms with Gasteiger partial charge in [0.1, 0.15) is 0 Å². The van der Waals surface area contributed by atoms with Crippen LogP contribution in [0.1, 0.15) is 61.8 Å². The number of ether oxygens (including phenoxy) is 2. The van der Waals surface area contributed by atoms with Crippen LogP contribution in [-0.4, -0.2) is 42.0 Å². The van der Waals surface area contributed by atoms with Crippen molar-refractivity contribution in [1.29, 1.82) is 0 Å². The van der Waals surface area contributed by atoms with Gasteiger partial charge in [0, 0.05) is 28.3 Å². The molecule has 2 atom stereocenters. The van der Waals surface area contributed by atoms with Gasteiger partial charge in [0.25, 0.3) is 0 Å². The lowest BCUT2D eigenvalue weighted by Crippen LogP contribution is -2.75. The van der Waals surface area contributed by atoms with E-state index in [9.17, 15) is 0 Å². The third-order valence-corrected chi connectivity index (χ3v) is 7.20. The van der Waals surface area contributed by atoms with Crippen molar-refractivity contribution >= 4 is 0 Å². The monoisotopic (exact) mass is 297 g/mol. The molecule has 2 rings (SSSR count). The van der Waals surface area contributed by atoms with Gasteiger partial charge in [0.2, 0.25) is 0 Å². The van der Waals surface area contributed by atoms with Crippen LogP contribution >= 0.6 is 0 Å². The maximum Gasteiger partial charge on any atom is 0.176 e. The van der Waals surface area contributed by atoms with Crippen molar-refractivity contribution in [3.63, 3.8) is 0 Å². The standard InChI is InChI=1S/C18H35NO2/c1-10-17(8)11-20-18(21-12-17)13(2)15(4,5)19(9)16(6,7)14(18)3/h13-14H,10-12H2,1-9H3. The Balaban J connectivity index is 2.39. The number of nitrogens with zero attached hydrogens (tertiary/aromatic N) is 1. The van der Waals surface area contributed by atoms with Crippen molar-refractivity contribution in [3.8, 4) is 0 Å². The van der Waals surface area contributed by atoms with Crippen molar-refractivity contribution in [2.75, 3.05) is 20.3 Å². The number of hydrogen-bond donors (Lipinski definition) is 0. The van der Waals surface area contributed by atoms with Gasteiger partial charge < -0.3 is 9.47 Å². The third kappa shape index (κ3) is 2.27. The molecule has 2 aliphatic rings. The second kappa shape index (κ2) is 4.94. The van der Waals surface area contributed by atoms with E-state index in [0.29, 0.717) is 11.8 Å². The molecular weight excluding hydrogens is 262 g/mol. The predicted molar refractivity (Wildman–Crippen MR) is 87.3 cm³/mol. The Morgan fingerprint density at radius 1 is 0.905 bits per heavy atom. The van der Waals surface area contributed by atoms with E-state index in [-0.39, 0.29) is 16.5 Å². The normalized spacial score (nSPS) is 46.7. The summed E-state index contributed by atoms with van der Waals surface area (Å²) in [5.74, 6) is 0.174. The summed E-state index contributed by atoms with van der Waals surface area (Å²) < 4.78 is 13.0. The van der Waals surface area contributed by atoms with Crippen LogP contribution in [0.3, 0.4) is 0 Å². The van der Waals surface area contributed by atoms with Crippen LogP contribution in [0.25, 0.3) is 0 Å². The molecule has 0 saturated carbocycles. The second-order valence-electron chi connectivity index (χ2n) is 8.77. The van der Waals surface area contributed by atoms with Crippen LogP contribution in [0.4, 0.5) is 0 Å². The molecule has 2 unspecified atom stereocenters. The van der Waals surface area contributed by atoms with E-state index in [4.69, 9.17) is 9.47 Å². The van der Waals surface area contributed by atoms with Gasteiger partial charge in [-0.15, -0.1) is 0 Å². The molecule has 3 heteroatoms. The Hall–Kier alpha value is -0.120. The van der Waals surface area contributed by atoms with Crippen molar-refractivity contribution < 1.29 is 9.47 Å². The van der Waals surface area contributed by atoms with Crippen LogP contribution in [-0.2, 0) is 9.47 Å². The average molecular weight is 297 g/mol. The fraction of sp³-hybridized carbons (Fsp3) is 1.00. The van der Waals surface area contributed by atoms with Crippen LogP contribution in [0.2, 0.25) is 0 Å². The average Bonchev–Trinajstić information content (AvgIpc) is 2.45. The lowest BCUT2D eigenvalue weighted by atomic mass is 9.63. The van der Waals surface area contributed by atoms with E-state index in [1.54, 1.807) is 0 Å². The summed E-state index contributed by atoms with van der Waals surface area (Å²) in [6, 6.07) is 0. The fourth-order valence-corrected chi connectivity index (χ4v) is 4.04. The van der Waals surface area contributed by atoms with Crippen LogP contribution in [0.5, 0.6) is 0 Å². The summed E-state index contributed by atoms with van der Waals surface area (Å²) in [4.78, 5) is 2.50. The van der Waals surface area contributed by atoms with E-state index in [1.165, 1.54) is 0 Å². The van der Waals surface area contributed by atoms with Crippen molar-refractivity contribution in [1.82, 2.24) is 4.90 Å². The van der Waals surface area contributed by atoms with Gasteiger partial charge in [-0.3, -0.25) is 4.90 Å². The molecule has 0 N–H and O–H groups in total. The van der Waals surface area contributed by atoms with Gasteiger partial charge in [-0.25, -0.2) is 0 Å². The highest BCUT2D eigenvalue weighted by atomic mass is 16.7. The third-order valence-electron chi connectivity index (χ3n) is 7.20. The first-order valence-electron chi connectivity index (χ1n) is 8.46. The lowest BCUT2D eigenvalue weighted by Gasteiger charge is -2.66. The van der Waals surface area contributed by atoms with Gasteiger partial charge in [0.15, 0.2) is 5.79 Å². The first-order chi connectivity index (χ1) is 9.44. The zero-order valence-corrected chi connectivity index (χ0v) is 15.5. The van der Waals surface area contributed by atoms with Crippen molar-refractivity contribution in [3.05, 3.63) is 0 Å². The molecule has 2 fully saturated rings. The Bertz CT molecular complexity index is 370. The first kappa shape index (κ1) is 17.2. The molecular formula is C18H35NO2. The number of likely N-dealkylation sites (tertiary alicyclic amines) is 1. The topological polar surface area (TPSA) is 21.7 Å². The molecule has 0 aromatic carbocycles. The highest BCUT2D eigenvalue weighted by Gasteiger charge is 2.63. The molecule has 2 heterocycles. The summed E-state index contributed by atoms with van der Waals surface area (Å²) in [5.41, 5.74) is 0.230. The fourth-order valence-electron chi connectivity index (χ4n) is 4.04. The van der Waals surface area contributed by atoms with E-state index in [1.807, 2.05) is 0 Å². The molecule has 1 spiro atoms. The molecule has 0 aliphatic carbocycles. The number of hydrogen-bond acceptors (Lipinski definition) is 3. The van der Waals surface area contributed by atoms with Gasteiger partial charge in [-0.2, -0.15) is 0 Å². The second-order valence-corrected chi connectivity index (χ2v) is 8.77. The highest BCUT2D eigenvalue weighted by molar-refractivity contribution is 5.11. The van der Waals surface area contributed by atoms with E-state index >= 15 is 0 Å². The van der Waals surface area contributed by atoms with E-state index < -0.39 is 5.79 Å². The zero-order chi connectivity index (χ0) is 16.3. The minimum Gasteiger partial charge on any atom is -0.349 e. The van der Waals surface area contributed by atoms with Crippen LogP contribution in [0.15, 0.2) is 0 Å². The summed E-state index contributed by atoms with van der Waals surface area (Å²) in [7, 11) is 2.23. The molecule has 3 nitrogen and oxygen atoms in total. The van der Waals surface area contributed by atoms with Crippen LogP contribution < -0.4 is 0 Å². The Morgan fingerprint density at radius 2 is 1.29 bits per heavy atom. The Kier molecular flexibility index (Phi) is 4.05. The SMILES string of the molecule is CCC1(C)COC2(OC1)C(C)C(C)(C)N(C)C(C)(C)C2C. The van der Waals surface area contributed by atoms with E-state index in [0.717, 1.165) is 19.6 Å². The molecule has 2 aliphatic heterocycles. The maximum atomic E-state index is 6.51. The molecule has 21 heavy (non-hydrogen) atoms. The van der Waals surface area contributed by atoms with Crippen LogP contribution in [0, 0.1) is 17.3 Å². The van der Waals surface area contributed by atoms with Gasteiger partial charge >= 0.3 is 0 Å². The summed E-state index contributed by atoms with van der Waals surface area (Å²) in [6.45, 7) is 19.9. The van der Waals surface area contributed by atoms with Gasteiger partial charge in [-0.05, 0) is 41.2 Å². The quantitative estimate of drug-likeness (QED) is 0.732. The molecule has 124 valence electrons. The predicted octanol–water partition coefficient (Wildman–Crippen LogP) is 3.92. The Labute approximate surface area is 131 Å². The maximum absolute atomic E-state index is 6.51. The smallest absolute Gasteiger partial charge is 0.176 e. The molecule has 2 saturated heterocycles. The molecule has 0 amide bonds. The first-order valence-corrected chi connectivity index (χ1v) is 8.46. The Morgan fingerprint density at radius 3 is 1.62 bits per heavy atom. The summed E-state index contributed by atoms with van der Waals surface area (Å²) in [6.07, 6.45) is 1.10. The van der Waals surface area contributed by atoms with Gasteiger partial charge in [-0.1, -0.05) is 27.7 Å². The number of rotatable bonds is 1. The summed E-state index contributed by atoms with van der Waals surface area (Å²) in [5, 5.41) is 0. The van der Waals surface area contributed by atoms with E-state index in [2.05, 4.69) is 67.3 Å².